The number of carbonyl (C=O) groups is 3. The number of likely N-dealkylation sites (tertiary alicyclic amines) is 1. The van der Waals surface area contributed by atoms with Crippen LogP contribution in [0.2, 0.25) is 0 Å². The summed E-state index contributed by atoms with van der Waals surface area (Å²) in [4.78, 5) is 44.4. The molecule has 0 radical (unpaired) electrons. The topological polar surface area (TPSA) is 80.5 Å². The minimum absolute atomic E-state index is 0.114. The van der Waals surface area contributed by atoms with E-state index in [2.05, 4.69) is 11.4 Å². The van der Waals surface area contributed by atoms with Crippen LogP contribution in [0.25, 0.3) is 4.85 Å². The molecule has 1 heterocycles. The maximum absolute atomic E-state index is 12.9. The van der Waals surface area contributed by atoms with E-state index in [4.69, 9.17) is 16.0 Å². The Morgan fingerprint density at radius 3 is 2.43 bits per heavy atom. The Hall–Kier alpha value is -2.56. The molecular weight excluding hydrogens is 386 g/mol. The van der Waals surface area contributed by atoms with Crippen molar-refractivity contribution in [2.45, 2.75) is 77.1 Å². The van der Waals surface area contributed by atoms with Crippen LogP contribution in [-0.2, 0) is 19.1 Å². The molecule has 2 aliphatic rings. The van der Waals surface area contributed by atoms with E-state index >= 15 is 0 Å². The third-order valence-corrected chi connectivity index (χ3v) is 5.44. The summed E-state index contributed by atoms with van der Waals surface area (Å²) in [6, 6.07) is -0.193. The van der Waals surface area contributed by atoms with Gasteiger partial charge in [-0.1, -0.05) is 12.7 Å². The average molecular weight is 420 g/mol. The van der Waals surface area contributed by atoms with E-state index in [9.17, 15) is 14.4 Å². The van der Waals surface area contributed by atoms with E-state index < -0.39 is 17.9 Å². The fourth-order valence-electron chi connectivity index (χ4n) is 3.96. The summed E-state index contributed by atoms with van der Waals surface area (Å²) in [6.45, 7) is 16.8. The fraction of sp³-hybridized carbons (Fsp3) is 0.727. The minimum atomic E-state index is -0.684. The second-order valence-electron chi connectivity index (χ2n) is 8.87. The molecule has 0 N–H and O–H groups in total. The predicted octanol–water partition coefficient (Wildman–Crippen LogP) is 3.38. The highest BCUT2D eigenvalue weighted by atomic mass is 16.6. The first-order chi connectivity index (χ1) is 14.2. The molecule has 1 aliphatic carbocycles. The first-order valence-electron chi connectivity index (χ1n) is 10.6. The lowest BCUT2D eigenvalue weighted by atomic mass is 9.85. The van der Waals surface area contributed by atoms with Gasteiger partial charge in [0.15, 0.2) is 0 Å². The maximum atomic E-state index is 12.9. The molecule has 0 aromatic rings. The predicted molar refractivity (Wildman–Crippen MR) is 111 cm³/mol. The largest absolute Gasteiger partial charge is 0.461 e. The lowest BCUT2D eigenvalue weighted by Crippen LogP contribution is -2.50. The van der Waals surface area contributed by atoms with Crippen LogP contribution in [0.1, 0.15) is 59.3 Å². The third-order valence-electron chi connectivity index (χ3n) is 5.44. The molecule has 1 saturated carbocycles. The Kier molecular flexibility index (Phi) is 8.27. The summed E-state index contributed by atoms with van der Waals surface area (Å²) in [6.07, 6.45) is 4.36. The zero-order valence-corrected chi connectivity index (χ0v) is 18.3. The average Bonchev–Trinajstić information content (AvgIpc) is 3.18. The highest BCUT2D eigenvalue weighted by molar-refractivity contribution is 5.83. The molecule has 0 aromatic carbocycles. The third kappa shape index (κ3) is 6.48. The molecule has 2 amide bonds. The van der Waals surface area contributed by atoms with E-state index in [0.717, 1.165) is 6.42 Å². The summed E-state index contributed by atoms with van der Waals surface area (Å²) >= 11 is 0. The van der Waals surface area contributed by atoms with Gasteiger partial charge in [0.25, 0.3) is 0 Å². The van der Waals surface area contributed by atoms with Crippen molar-refractivity contribution in [2.75, 3.05) is 19.7 Å². The normalized spacial score (nSPS) is 23.9. The molecule has 8 nitrogen and oxygen atoms in total. The first-order valence-corrected chi connectivity index (χ1v) is 10.6. The van der Waals surface area contributed by atoms with Gasteiger partial charge in [-0.25, -0.2) is 11.4 Å². The van der Waals surface area contributed by atoms with Crippen LogP contribution in [-0.4, -0.2) is 65.3 Å². The zero-order chi connectivity index (χ0) is 22.3. The maximum Gasteiger partial charge on any atom is 0.411 e. The van der Waals surface area contributed by atoms with Gasteiger partial charge in [-0.2, -0.15) is 0 Å². The summed E-state index contributed by atoms with van der Waals surface area (Å²) in [5.41, 5.74) is -0.684. The number of nitrogens with zero attached hydrogens (tertiary/aromatic N) is 3. The Balaban J connectivity index is 2.06. The minimum Gasteiger partial charge on any atom is -0.461 e. The van der Waals surface area contributed by atoms with Gasteiger partial charge < -0.3 is 9.47 Å². The van der Waals surface area contributed by atoms with Gasteiger partial charge in [0.05, 0.1) is 5.92 Å². The van der Waals surface area contributed by atoms with Crippen LogP contribution in [0.15, 0.2) is 12.7 Å². The molecular formula is C22H33N3O5. The van der Waals surface area contributed by atoms with E-state index in [1.807, 2.05) is 0 Å². The molecule has 0 spiro atoms. The highest BCUT2D eigenvalue weighted by Crippen LogP contribution is 2.30. The molecule has 2 fully saturated rings. The van der Waals surface area contributed by atoms with Crippen molar-refractivity contribution < 1.29 is 23.9 Å². The lowest BCUT2D eigenvalue weighted by Gasteiger charge is -2.37. The summed E-state index contributed by atoms with van der Waals surface area (Å²) < 4.78 is 10.7. The van der Waals surface area contributed by atoms with Crippen LogP contribution in [0.4, 0.5) is 4.79 Å². The molecule has 30 heavy (non-hydrogen) atoms. The second kappa shape index (κ2) is 10.5. The number of rotatable bonds is 6. The van der Waals surface area contributed by atoms with Crippen molar-refractivity contribution in [3.05, 3.63) is 24.1 Å². The van der Waals surface area contributed by atoms with Gasteiger partial charge in [-0.3, -0.25) is 24.2 Å². The number of hydrogen-bond donors (Lipinski definition) is 0. The molecule has 0 bridgehead atoms. The monoisotopic (exact) mass is 419 g/mol. The molecule has 166 valence electrons. The fourth-order valence-corrected chi connectivity index (χ4v) is 3.96. The smallest absolute Gasteiger partial charge is 0.411 e. The van der Waals surface area contributed by atoms with E-state index in [1.165, 1.54) is 11.0 Å². The van der Waals surface area contributed by atoms with Crippen molar-refractivity contribution in [1.82, 2.24) is 9.80 Å². The Labute approximate surface area is 179 Å². The number of esters is 1. The molecule has 1 unspecified atom stereocenters. The summed E-state index contributed by atoms with van der Waals surface area (Å²) in [7, 11) is 0. The van der Waals surface area contributed by atoms with Crippen LogP contribution >= 0.6 is 0 Å². The molecule has 1 aliphatic heterocycles. The molecule has 8 heteroatoms. The first kappa shape index (κ1) is 23.7. The van der Waals surface area contributed by atoms with Gasteiger partial charge in [0, 0.05) is 19.0 Å². The Bertz CT molecular complexity index is 686. The van der Waals surface area contributed by atoms with Gasteiger partial charge in [0.2, 0.25) is 5.91 Å². The van der Waals surface area contributed by atoms with Gasteiger partial charge in [-0.05, 0) is 52.9 Å². The summed E-state index contributed by atoms with van der Waals surface area (Å²) in [5, 5.41) is 0. The van der Waals surface area contributed by atoms with Crippen LogP contribution in [0.3, 0.4) is 0 Å². The SMILES string of the molecule is [C-]#[N+]C1CCCN1C(=O)CN(C(=O)OC(C)(C)C)C1CCC(C(=O)OCC=C)CC1. The lowest BCUT2D eigenvalue weighted by molar-refractivity contribution is -0.149. The van der Waals surface area contributed by atoms with Crippen molar-refractivity contribution in [3.8, 4) is 0 Å². The van der Waals surface area contributed by atoms with Gasteiger partial charge in [0.1, 0.15) is 18.8 Å². The standard InChI is InChI=1S/C22H33N3O5/c1-6-14-29-20(27)16-9-11-17(12-10-16)25(21(28)30-22(2,3)4)15-19(26)24-13-7-8-18(24)23-5/h6,16-18H,1,7-15H2,2-4H3. The quantitative estimate of drug-likeness (QED) is 0.375. The van der Waals surface area contributed by atoms with E-state index in [-0.39, 0.29) is 37.0 Å². The highest BCUT2D eigenvalue weighted by Gasteiger charge is 2.39. The van der Waals surface area contributed by atoms with E-state index in [1.54, 1.807) is 25.7 Å². The summed E-state index contributed by atoms with van der Waals surface area (Å²) in [5.74, 6) is -0.681. The van der Waals surface area contributed by atoms with Crippen molar-refractivity contribution in [3.63, 3.8) is 0 Å². The molecule has 1 saturated heterocycles. The van der Waals surface area contributed by atoms with Crippen molar-refractivity contribution in [1.29, 1.82) is 0 Å². The Morgan fingerprint density at radius 1 is 1.20 bits per heavy atom. The number of carbonyl (C=O) groups excluding carboxylic acids is 3. The number of amides is 2. The van der Waals surface area contributed by atoms with Gasteiger partial charge in [-0.15, -0.1) is 0 Å². The van der Waals surface area contributed by atoms with E-state index in [0.29, 0.717) is 38.6 Å². The van der Waals surface area contributed by atoms with Gasteiger partial charge >= 0.3 is 18.2 Å². The van der Waals surface area contributed by atoms with Crippen LogP contribution < -0.4 is 0 Å². The zero-order valence-electron chi connectivity index (χ0n) is 18.3. The Morgan fingerprint density at radius 2 is 1.87 bits per heavy atom. The van der Waals surface area contributed by atoms with Crippen molar-refractivity contribution >= 4 is 18.0 Å². The van der Waals surface area contributed by atoms with Crippen LogP contribution in [0.5, 0.6) is 0 Å². The van der Waals surface area contributed by atoms with Crippen LogP contribution in [0, 0.1) is 12.5 Å². The van der Waals surface area contributed by atoms with Crippen molar-refractivity contribution in [2.24, 2.45) is 5.92 Å². The molecule has 1 atom stereocenters. The molecule has 2 rings (SSSR count). The second-order valence-corrected chi connectivity index (χ2v) is 8.87. The molecule has 0 aromatic heterocycles. The number of ether oxygens (including phenoxy) is 2. The number of hydrogen-bond acceptors (Lipinski definition) is 5.